The van der Waals surface area contributed by atoms with Gasteiger partial charge in [0.1, 0.15) is 0 Å². The number of carbonyl (C=O) groups is 3. The summed E-state index contributed by atoms with van der Waals surface area (Å²) in [6.07, 6.45) is 0. The van der Waals surface area contributed by atoms with E-state index in [9.17, 15) is 14.4 Å². The summed E-state index contributed by atoms with van der Waals surface area (Å²) in [6, 6.07) is 9.96. The van der Waals surface area contributed by atoms with Crippen LogP contribution in [-0.4, -0.2) is 37.4 Å². The molecule has 0 aliphatic rings. The van der Waals surface area contributed by atoms with E-state index < -0.39 is 0 Å². The second-order valence-electron chi connectivity index (χ2n) is 4.77. The van der Waals surface area contributed by atoms with E-state index in [2.05, 4.69) is 16.0 Å². The van der Waals surface area contributed by atoms with Crippen LogP contribution < -0.4 is 16.0 Å². The van der Waals surface area contributed by atoms with Crippen LogP contribution in [0.2, 0.25) is 5.02 Å². The monoisotopic (exact) mass is 365 g/mol. The lowest BCUT2D eigenvalue weighted by atomic mass is 10.2. The predicted octanol–water partition coefficient (Wildman–Crippen LogP) is 1.68. The quantitative estimate of drug-likeness (QED) is 0.652. The van der Waals surface area contributed by atoms with Crippen LogP contribution in [0.4, 0.5) is 0 Å². The first kappa shape index (κ1) is 18.0. The van der Waals surface area contributed by atoms with Gasteiger partial charge in [0.15, 0.2) is 0 Å². The molecule has 0 radical (unpaired) electrons. The summed E-state index contributed by atoms with van der Waals surface area (Å²) in [7, 11) is 0. The van der Waals surface area contributed by atoms with Crippen LogP contribution in [0.3, 0.4) is 0 Å². The number of carbonyl (C=O) groups excluding carboxylic acids is 3. The molecule has 0 aliphatic heterocycles. The van der Waals surface area contributed by atoms with Gasteiger partial charge < -0.3 is 16.0 Å². The SMILES string of the molecule is O=C(CNC(=O)c1cccs1)NCCNC(=O)c1ccc(Cl)cc1. The first-order chi connectivity index (χ1) is 11.6. The average Bonchev–Trinajstić information content (AvgIpc) is 3.11. The number of rotatable bonds is 7. The molecule has 2 rings (SSSR count). The zero-order chi connectivity index (χ0) is 17.4. The van der Waals surface area contributed by atoms with Crippen LogP contribution in [0.15, 0.2) is 41.8 Å². The molecule has 6 nitrogen and oxygen atoms in total. The van der Waals surface area contributed by atoms with Gasteiger partial charge in [-0.15, -0.1) is 11.3 Å². The van der Waals surface area contributed by atoms with Gasteiger partial charge in [0.2, 0.25) is 5.91 Å². The third kappa shape index (κ3) is 5.68. The Kier molecular flexibility index (Phi) is 6.77. The first-order valence-electron chi connectivity index (χ1n) is 7.18. The van der Waals surface area contributed by atoms with Crippen LogP contribution in [-0.2, 0) is 4.79 Å². The Morgan fingerprint density at radius 2 is 1.62 bits per heavy atom. The minimum atomic E-state index is -0.319. The Bertz CT molecular complexity index is 702. The highest BCUT2D eigenvalue weighted by Gasteiger charge is 2.08. The van der Waals surface area contributed by atoms with Crippen LogP contribution >= 0.6 is 22.9 Å². The maximum atomic E-state index is 11.8. The summed E-state index contributed by atoms with van der Waals surface area (Å²) in [6.45, 7) is 0.445. The van der Waals surface area contributed by atoms with Gasteiger partial charge in [-0.2, -0.15) is 0 Å². The molecule has 1 aromatic heterocycles. The lowest BCUT2D eigenvalue weighted by Crippen LogP contribution is -2.40. The maximum absolute atomic E-state index is 11.8. The molecule has 1 aromatic carbocycles. The second kappa shape index (κ2) is 9.05. The van der Waals surface area contributed by atoms with E-state index in [0.29, 0.717) is 15.5 Å². The molecule has 0 spiro atoms. The van der Waals surface area contributed by atoms with Crippen LogP contribution in [0.5, 0.6) is 0 Å². The fourth-order valence-corrected chi connectivity index (χ4v) is 2.57. The van der Waals surface area contributed by atoms with Crippen LogP contribution in [0.1, 0.15) is 20.0 Å². The largest absolute Gasteiger partial charge is 0.353 e. The fraction of sp³-hybridized carbons (Fsp3) is 0.188. The van der Waals surface area contributed by atoms with E-state index in [1.165, 1.54) is 11.3 Å². The van der Waals surface area contributed by atoms with Crippen molar-refractivity contribution in [1.29, 1.82) is 0 Å². The van der Waals surface area contributed by atoms with Crippen molar-refractivity contribution in [3.63, 3.8) is 0 Å². The molecule has 0 saturated carbocycles. The minimum Gasteiger partial charge on any atom is -0.353 e. The molecule has 2 aromatic rings. The molecule has 3 amide bonds. The van der Waals surface area contributed by atoms with Gasteiger partial charge in [0.05, 0.1) is 11.4 Å². The number of benzene rings is 1. The summed E-state index contributed by atoms with van der Waals surface area (Å²) in [5, 5.41) is 10.2. The maximum Gasteiger partial charge on any atom is 0.261 e. The topological polar surface area (TPSA) is 87.3 Å². The Balaban J connectivity index is 1.61. The fourth-order valence-electron chi connectivity index (χ4n) is 1.80. The van der Waals surface area contributed by atoms with E-state index in [1.54, 1.807) is 41.8 Å². The molecule has 1 heterocycles. The highest BCUT2D eigenvalue weighted by Crippen LogP contribution is 2.09. The van der Waals surface area contributed by atoms with Crippen LogP contribution in [0.25, 0.3) is 0 Å². The van der Waals surface area contributed by atoms with E-state index >= 15 is 0 Å². The highest BCUT2D eigenvalue weighted by atomic mass is 35.5. The Labute approximate surface area is 148 Å². The number of nitrogens with one attached hydrogen (secondary N) is 3. The van der Waals surface area contributed by atoms with Crippen molar-refractivity contribution >= 4 is 40.7 Å². The number of hydrogen-bond donors (Lipinski definition) is 3. The van der Waals surface area contributed by atoms with Gasteiger partial charge in [-0.25, -0.2) is 0 Å². The zero-order valence-electron chi connectivity index (χ0n) is 12.7. The zero-order valence-corrected chi connectivity index (χ0v) is 14.2. The van der Waals surface area contributed by atoms with Crippen molar-refractivity contribution in [1.82, 2.24) is 16.0 Å². The molecule has 0 unspecified atom stereocenters. The number of hydrogen-bond acceptors (Lipinski definition) is 4. The standard InChI is InChI=1S/C16H16ClN3O3S/c17-12-5-3-11(4-6-12)15(22)19-8-7-18-14(21)10-20-16(23)13-2-1-9-24-13/h1-6,9H,7-8,10H2,(H,18,21)(H,19,22)(H,20,23). The lowest BCUT2D eigenvalue weighted by Gasteiger charge is -2.08. The van der Waals surface area contributed by atoms with Gasteiger partial charge in [0.25, 0.3) is 11.8 Å². The van der Waals surface area contributed by atoms with Crippen molar-refractivity contribution < 1.29 is 14.4 Å². The molecule has 8 heteroatoms. The van der Waals surface area contributed by atoms with E-state index in [0.717, 1.165) is 0 Å². The van der Waals surface area contributed by atoms with Gasteiger partial charge in [0, 0.05) is 23.7 Å². The molecular formula is C16H16ClN3O3S. The molecule has 0 fully saturated rings. The summed E-state index contributed by atoms with van der Waals surface area (Å²) >= 11 is 7.06. The van der Waals surface area contributed by atoms with E-state index in [4.69, 9.17) is 11.6 Å². The predicted molar refractivity (Wildman–Crippen MR) is 93.4 cm³/mol. The van der Waals surface area contributed by atoms with Crippen molar-refractivity contribution in [2.45, 2.75) is 0 Å². The van der Waals surface area contributed by atoms with Gasteiger partial charge in [-0.3, -0.25) is 14.4 Å². The third-order valence-electron chi connectivity index (χ3n) is 2.99. The summed E-state index contributed by atoms with van der Waals surface area (Å²) < 4.78 is 0. The third-order valence-corrected chi connectivity index (χ3v) is 4.11. The normalized spacial score (nSPS) is 10.0. The van der Waals surface area contributed by atoms with Crippen molar-refractivity contribution in [3.8, 4) is 0 Å². The molecule has 24 heavy (non-hydrogen) atoms. The molecule has 126 valence electrons. The van der Waals surface area contributed by atoms with Crippen molar-refractivity contribution in [3.05, 3.63) is 57.2 Å². The van der Waals surface area contributed by atoms with Crippen LogP contribution in [0, 0.1) is 0 Å². The molecular weight excluding hydrogens is 350 g/mol. The Morgan fingerprint density at radius 1 is 0.917 bits per heavy atom. The van der Waals surface area contributed by atoms with Gasteiger partial charge in [-0.05, 0) is 35.7 Å². The molecule has 0 atom stereocenters. The lowest BCUT2D eigenvalue weighted by molar-refractivity contribution is -0.120. The summed E-state index contributed by atoms with van der Waals surface area (Å²) in [4.78, 5) is 35.7. The number of thiophene rings is 1. The van der Waals surface area contributed by atoms with E-state index in [1.807, 2.05) is 0 Å². The molecule has 0 bridgehead atoms. The highest BCUT2D eigenvalue weighted by molar-refractivity contribution is 7.12. The number of halogens is 1. The van der Waals surface area contributed by atoms with Gasteiger partial charge >= 0.3 is 0 Å². The number of amides is 3. The molecule has 0 aliphatic carbocycles. The minimum absolute atomic E-state index is 0.109. The Hall–Kier alpha value is -2.38. The Morgan fingerprint density at radius 3 is 2.29 bits per heavy atom. The van der Waals surface area contributed by atoms with Crippen molar-refractivity contribution in [2.24, 2.45) is 0 Å². The summed E-state index contributed by atoms with van der Waals surface area (Å²) in [5.74, 6) is -0.844. The second-order valence-corrected chi connectivity index (χ2v) is 6.16. The van der Waals surface area contributed by atoms with Crippen molar-refractivity contribution in [2.75, 3.05) is 19.6 Å². The molecule has 0 saturated heterocycles. The smallest absolute Gasteiger partial charge is 0.261 e. The molecule has 3 N–H and O–H groups in total. The van der Waals surface area contributed by atoms with E-state index in [-0.39, 0.29) is 37.4 Å². The summed E-state index contributed by atoms with van der Waals surface area (Å²) in [5.41, 5.74) is 0.494. The first-order valence-corrected chi connectivity index (χ1v) is 8.44. The average molecular weight is 366 g/mol. The van der Waals surface area contributed by atoms with Gasteiger partial charge in [-0.1, -0.05) is 17.7 Å².